The van der Waals surface area contributed by atoms with Gasteiger partial charge in [-0.3, -0.25) is 0 Å². The van der Waals surface area contributed by atoms with Gasteiger partial charge in [0, 0.05) is 12.2 Å². The molecule has 26 heavy (non-hydrogen) atoms. The zero-order chi connectivity index (χ0) is 18.4. The molecule has 3 nitrogen and oxygen atoms in total. The molecule has 0 spiro atoms. The van der Waals surface area contributed by atoms with E-state index in [-0.39, 0.29) is 6.04 Å². The fraction of sp³-hybridized carbons (Fsp3) is 0.182. The minimum absolute atomic E-state index is 0.0784. The van der Waals surface area contributed by atoms with Crippen LogP contribution in [0.3, 0.4) is 0 Å². The first kappa shape index (κ1) is 18.0. The standard InChI is InChI=1S/C22H23FN2O/c1-16-5-9-20(10-6-16)26-21-11-7-19(8-12-21)25-22(15-24)18-4-2-3-17(13-18)14-23/h2-13,22,25H,14-15,24H2,1H3/t22-/m1/s1. The summed E-state index contributed by atoms with van der Waals surface area (Å²) in [4.78, 5) is 0. The first-order chi connectivity index (χ1) is 12.7. The number of aryl methyl sites for hydroxylation is 1. The Hall–Kier alpha value is -2.85. The van der Waals surface area contributed by atoms with E-state index in [0.29, 0.717) is 12.1 Å². The molecule has 0 aromatic heterocycles. The molecule has 0 saturated carbocycles. The van der Waals surface area contributed by atoms with Gasteiger partial charge in [0.2, 0.25) is 0 Å². The van der Waals surface area contributed by atoms with Crippen LogP contribution in [0.2, 0.25) is 0 Å². The average Bonchev–Trinajstić information content (AvgIpc) is 2.69. The van der Waals surface area contributed by atoms with Gasteiger partial charge in [0.15, 0.2) is 0 Å². The minimum atomic E-state index is -0.476. The Balaban J connectivity index is 1.68. The molecule has 0 radical (unpaired) electrons. The Morgan fingerprint density at radius 1 is 0.962 bits per heavy atom. The van der Waals surface area contributed by atoms with Crippen LogP contribution in [0, 0.1) is 6.92 Å². The topological polar surface area (TPSA) is 47.3 Å². The van der Waals surface area contributed by atoms with Gasteiger partial charge in [0.25, 0.3) is 0 Å². The summed E-state index contributed by atoms with van der Waals surface area (Å²) in [6.45, 7) is 1.98. The zero-order valence-electron chi connectivity index (χ0n) is 14.8. The predicted molar refractivity (Wildman–Crippen MR) is 104 cm³/mol. The highest BCUT2D eigenvalue weighted by molar-refractivity contribution is 5.49. The van der Waals surface area contributed by atoms with Gasteiger partial charge in [-0.1, -0.05) is 42.0 Å². The highest BCUT2D eigenvalue weighted by Gasteiger charge is 2.10. The van der Waals surface area contributed by atoms with E-state index in [1.54, 1.807) is 6.07 Å². The number of alkyl halides is 1. The number of benzene rings is 3. The summed E-state index contributed by atoms with van der Waals surface area (Å²) in [7, 11) is 0. The third-order valence-electron chi connectivity index (χ3n) is 4.20. The SMILES string of the molecule is Cc1ccc(Oc2ccc(N[C@H](CN)c3cccc(CF)c3)cc2)cc1. The molecule has 0 aliphatic heterocycles. The molecule has 0 amide bonds. The maximum atomic E-state index is 12.9. The third-order valence-corrected chi connectivity index (χ3v) is 4.20. The van der Waals surface area contributed by atoms with Gasteiger partial charge in [-0.2, -0.15) is 0 Å². The van der Waals surface area contributed by atoms with E-state index >= 15 is 0 Å². The average molecular weight is 350 g/mol. The molecule has 0 aliphatic carbocycles. The lowest BCUT2D eigenvalue weighted by molar-refractivity contribution is 0.482. The lowest BCUT2D eigenvalue weighted by atomic mass is 10.0. The van der Waals surface area contributed by atoms with Crippen molar-refractivity contribution in [3.63, 3.8) is 0 Å². The Bertz CT molecular complexity index is 832. The van der Waals surface area contributed by atoms with Crippen molar-refractivity contribution in [1.29, 1.82) is 0 Å². The van der Waals surface area contributed by atoms with Gasteiger partial charge in [-0.25, -0.2) is 4.39 Å². The Kier molecular flexibility index (Phi) is 5.87. The summed E-state index contributed by atoms with van der Waals surface area (Å²) in [5, 5.41) is 3.39. The van der Waals surface area contributed by atoms with Crippen LogP contribution in [-0.4, -0.2) is 6.54 Å². The quantitative estimate of drug-likeness (QED) is 0.602. The monoisotopic (exact) mass is 350 g/mol. The summed E-state index contributed by atoms with van der Waals surface area (Å²) < 4.78 is 18.7. The van der Waals surface area contributed by atoms with E-state index in [1.807, 2.05) is 73.7 Å². The van der Waals surface area contributed by atoms with Crippen molar-refractivity contribution in [3.05, 3.63) is 89.5 Å². The predicted octanol–water partition coefficient (Wildman–Crippen LogP) is 5.37. The molecular weight excluding hydrogens is 327 g/mol. The molecule has 3 N–H and O–H groups in total. The number of nitrogens with two attached hydrogens (primary N) is 1. The van der Waals surface area contributed by atoms with E-state index in [9.17, 15) is 4.39 Å². The maximum absolute atomic E-state index is 12.9. The molecule has 0 saturated heterocycles. The molecule has 3 rings (SSSR count). The number of ether oxygens (including phenoxy) is 1. The van der Waals surface area contributed by atoms with Gasteiger partial charge in [0.1, 0.15) is 18.2 Å². The molecule has 4 heteroatoms. The largest absolute Gasteiger partial charge is 0.457 e. The molecular formula is C22H23FN2O. The smallest absolute Gasteiger partial charge is 0.127 e. The molecule has 0 heterocycles. The van der Waals surface area contributed by atoms with Crippen LogP contribution in [0.4, 0.5) is 10.1 Å². The molecule has 134 valence electrons. The van der Waals surface area contributed by atoms with Crippen LogP contribution >= 0.6 is 0 Å². The molecule has 3 aromatic rings. The fourth-order valence-electron chi connectivity index (χ4n) is 2.73. The van der Waals surface area contributed by atoms with E-state index in [4.69, 9.17) is 10.5 Å². The summed E-state index contributed by atoms with van der Waals surface area (Å²) in [6.07, 6.45) is 0. The molecule has 0 unspecified atom stereocenters. The first-order valence-electron chi connectivity index (χ1n) is 8.64. The lowest BCUT2D eigenvalue weighted by Crippen LogP contribution is -2.20. The Morgan fingerprint density at radius 3 is 2.23 bits per heavy atom. The number of hydrogen-bond donors (Lipinski definition) is 2. The third kappa shape index (κ3) is 4.61. The van der Waals surface area contributed by atoms with Gasteiger partial charge in [-0.05, 0) is 54.4 Å². The first-order valence-corrected chi connectivity index (χ1v) is 8.64. The number of halogens is 1. The van der Waals surface area contributed by atoms with Gasteiger partial charge >= 0.3 is 0 Å². The highest BCUT2D eigenvalue weighted by Crippen LogP contribution is 2.25. The van der Waals surface area contributed by atoms with Crippen molar-refractivity contribution >= 4 is 5.69 Å². The second kappa shape index (κ2) is 8.50. The van der Waals surface area contributed by atoms with Crippen molar-refractivity contribution < 1.29 is 9.13 Å². The maximum Gasteiger partial charge on any atom is 0.127 e. The van der Waals surface area contributed by atoms with Crippen molar-refractivity contribution in [2.45, 2.75) is 19.6 Å². The molecule has 1 atom stereocenters. The van der Waals surface area contributed by atoms with Crippen molar-refractivity contribution in [2.75, 3.05) is 11.9 Å². The number of hydrogen-bond acceptors (Lipinski definition) is 3. The molecule has 0 aliphatic rings. The van der Waals surface area contributed by atoms with Crippen LogP contribution in [-0.2, 0) is 6.67 Å². The normalized spacial score (nSPS) is 11.8. The Labute approximate surface area is 153 Å². The van der Waals surface area contributed by atoms with E-state index < -0.39 is 6.67 Å². The van der Waals surface area contributed by atoms with Gasteiger partial charge in [-0.15, -0.1) is 0 Å². The molecule has 0 fully saturated rings. The zero-order valence-corrected chi connectivity index (χ0v) is 14.8. The Morgan fingerprint density at radius 2 is 1.62 bits per heavy atom. The van der Waals surface area contributed by atoms with Crippen molar-refractivity contribution in [2.24, 2.45) is 5.73 Å². The van der Waals surface area contributed by atoms with E-state index in [0.717, 1.165) is 22.7 Å². The summed E-state index contributed by atoms with van der Waals surface area (Å²) in [5.74, 6) is 1.57. The van der Waals surface area contributed by atoms with Crippen LogP contribution in [0.1, 0.15) is 22.7 Å². The van der Waals surface area contributed by atoms with Crippen LogP contribution in [0.25, 0.3) is 0 Å². The molecule has 3 aromatic carbocycles. The van der Waals surface area contributed by atoms with E-state index in [1.165, 1.54) is 5.56 Å². The number of nitrogens with one attached hydrogen (secondary N) is 1. The van der Waals surface area contributed by atoms with Crippen molar-refractivity contribution in [1.82, 2.24) is 0 Å². The van der Waals surface area contributed by atoms with Crippen LogP contribution in [0.15, 0.2) is 72.8 Å². The van der Waals surface area contributed by atoms with Gasteiger partial charge in [0.05, 0.1) is 6.04 Å². The highest BCUT2D eigenvalue weighted by atomic mass is 19.1. The van der Waals surface area contributed by atoms with Crippen LogP contribution in [0.5, 0.6) is 11.5 Å². The molecule has 0 bridgehead atoms. The summed E-state index contributed by atoms with van der Waals surface area (Å²) >= 11 is 0. The number of anilines is 1. The van der Waals surface area contributed by atoms with Crippen molar-refractivity contribution in [3.8, 4) is 11.5 Å². The van der Waals surface area contributed by atoms with Gasteiger partial charge < -0.3 is 15.8 Å². The lowest BCUT2D eigenvalue weighted by Gasteiger charge is -2.19. The van der Waals surface area contributed by atoms with Crippen LogP contribution < -0.4 is 15.8 Å². The second-order valence-corrected chi connectivity index (χ2v) is 6.25. The fourth-order valence-corrected chi connectivity index (χ4v) is 2.73. The second-order valence-electron chi connectivity index (χ2n) is 6.25. The minimum Gasteiger partial charge on any atom is -0.457 e. The van der Waals surface area contributed by atoms with E-state index in [2.05, 4.69) is 5.32 Å². The summed E-state index contributed by atoms with van der Waals surface area (Å²) in [6, 6.07) is 23.0. The summed E-state index contributed by atoms with van der Waals surface area (Å²) in [5.41, 5.74) is 9.67. The number of rotatable bonds is 7.